The summed E-state index contributed by atoms with van der Waals surface area (Å²) in [6.07, 6.45) is 3.34. The molecule has 1 N–H and O–H groups in total. The number of amides is 1. The van der Waals surface area contributed by atoms with E-state index >= 15 is 0 Å². The zero-order valence-corrected chi connectivity index (χ0v) is 14.3. The van der Waals surface area contributed by atoms with Crippen molar-refractivity contribution in [2.45, 2.75) is 33.1 Å². The van der Waals surface area contributed by atoms with Gasteiger partial charge < -0.3 is 14.7 Å². The first-order valence-corrected chi connectivity index (χ1v) is 8.64. The number of hydrogen-bond acceptors (Lipinski definition) is 5. The van der Waals surface area contributed by atoms with E-state index in [0.717, 1.165) is 31.0 Å². The summed E-state index contributed by atoms with van der Waals surface area (Å²) < 4.78 is 5.05. The Bertz CT molecular complexity index is 673. The normalized spacial score (nSPS) is 15.5. The van der Waals surface area contributed by atoms with Crippen LogP contribution in [0.25, 0.3) is 11.4 Å². The van der Waals surface area contributed by atoms with Crippen LogP contribution in [0.3, 0.4) is 0 Å². The van der Waals surface area contributed by atoms with Crippen molar-refractivity contribution in [3.63, 3.8) is 0 Å². The van der Waals surface area contributed by atoms with Crippen molar-refractivity contribution < 1.29 is 9.32 Å². The van der Waals surface area contributed by atoms with Crippen LogP contribution < -0.4 is 10.2 Å². The molecule has 0 spiro atoms. The van der Waals surface area contributed by atoms with Gasteiger partial charge in [0.15, 0.2) is 0 Å². The second-order valence-corrected chi connectivity index (χ2v) is 6.40. The third-order valence-electron chi connectivity index (χ3n) is 4.43. The lowest BCUT2D eigenvalue weighted by Gasteiger charge is -2.32. The van der Waals surface area contributed by atoms with Crippen molar-refractivity contribution in [1.82, 2.24) is 15.5 Å². The Balaban J connectivity index is 1.67. The van der Waals surface area contributed by atoms with E-state index in [4.69, 9.17) is 4.52 Å². The van der Waals surface area contributed by atoms with E-state index in [1.165, 1.54) is 18.5 Å². The molecule has 1 aliphatic rings. The summed E-state index contributed by atoms with van der Waals surface area (Å²) in [7, 11) is 0. The number of piperidine rings is 1. The molecule has 0 saturated carbocycles. The minimum atomic E-state index is -0.324. The van der Waals surface area contributed by atoms with Gasteiger partial charge in [0.2, 0.25) is 5.82 Å². The summed E-state index contributed by atoms with van der Waals surface area (Å²) in [6, 6.07) is 8.12. The van der Waals surface area contributed by atoms with Gasteiger partial charge >= 0.3 is 11.8 Å². The van der Waals surface area contributed by atoms with Crippen molar-refractivity contribution in [3.8, 4) is 11.4 Å². The molecule has 2 aromatic rings. The maximum absolute atomic E-state index is 11.8. The summed E-state index contributed by atoms with van der Waals surface area (Å²) in [5.74, 6) is 0.940. The van der Waals surface area contributed by atoms with Gasteiger partial charge in [-0.05, 0) is 49.4 Å². The molecule has 0 radical (unpaired) electrons. The number of carbonyl (C=O) groups excluding carboxylic acids is 1. The van der Waals surface area contributed by atoms with Crippen LogP contribution in [0, 0.1) is 5.92 Å². The maximum Gasteiger partial charge on any atom is 0.316 e. The van der Waals surface area contributed by atoms with Gasteiger partial charge in [-0.2, -0.15) is 4.98 Å². The maximum atomic E-state index is 11.8. The molecule has 3 rings (SSSR count). The minimum Gasteiger partial charge on any atom is -0.372 e. The highest BCUT2D eigenvalue weighted by Gasteiger charge is 2.18. The highest BCUT2D eigenvalue weighted by atomic mass is 16.5. The molecule has 1 aromatic heterocycles. The minimum absolute atomic E-state index is 0.00699. The van der Waals surface area contributed by atoms with Gasteiger partial charge in [-0.25, -0.2) is 0 Å². The van der Waals surface area contributed by atoms with Crippen LogP contribution in [0.1, 0.15) is 43.8 Å². The van der Waals surface area contributed by atoms with Crippen LogP contribution in [0.15, 0.2) is 28.8 Å². The first-order valence-electron chi connectivity index (χ1n) is 8.64. The lowest BCUT2D eigenvalue weighted by Crippen LogP contribution is -2.32. The van der Waals surface area contributed by atoms with Gasteiger partial charge in [0.25, 0.3) is 0 Å². The van der Waals surface area contributed by atoms with Crippen LogP contribution in [0.2, 0.25) is 0 Å². The molecule has 1 aliphatic heterocycles. The number of hydrogen-bond donors (Lipinski definition) is 1. The molecule has 6 nitrogen and oxygen atoms in total. The third kappa shape index (κ3) is 3.75. The molecule has 0 aliphatic carbocycles. The first-order chi connectivity index (χ1) is 11.7. The largest absolute Gasteiger partial charge is 0.372 e. The van der Waals surface area contributed by atoms with Gasteiger partial charge in [0.1, 0.15) is 0 Å². The second-order valence-electron chi connectivity index (χ2n) is 6.40. The molecule has 1 fully saturated rings. The fraction of sp³-hybridized carbons (Fsp3) is 0.500. The average Bonchev–Trinajstić information content (AvgIpc) is 3.11. The molecular formula is C18H24N4O2. The number of nitrogens with zero attached hydrogens (tertiary/aromatic N) is 3. The molecule has 0 bridgehead atoms. The molecule has 2 heterocycles. The lowest BCUT2D eigenvalue weighted by molar-refractivity contribution is 0.0910. The van der Waals surface area contributed by atoms with Crippen molar-refractivity contribution >= 4 is 11.6 Å². The van der Waals surface area contributed by atoms with Gasteiger partial charge in [0, 0.05) is 30.9 Å². The second kappa shape index (κ2) is 7.47. The molecule has 128 valence electrons. The summed E-state index contributed by atoms with van der Waals surface area (Å²) in [6.45, 7) is 7.10. The fourth-order valence-corrected chi connectivity index (χ4v) is 2.84. The zero-order chi connectivity index (χ0) is 16.9. The van der Waals surface area contributed by atoms with Gasteiger partial charge in [-0.15, -0.1) is 0 Å². The smallest absolute Gasteiger partial charge is 0.316 e. The number of carbonyl (C=O) groups is 1. The standard InChI is InChI=1S/C18H24N4O2/c1-3-10-19-17(23)18-20-16(21-24-18)14-4-6-15(7-5-14)22-11-8-13(2)9-12-22/h4-7,13H,3,8-12H2,1-2H3,(H,19,23). The predicted molar refractivity (Wildman–Crippen MR) is 93.0 cm³/mol. The quantitative estimate of drug-likeness (QED) is 0.913. The van der Waals surface area contributed by atoms with E-state index in [1.807, 2.05) is 19.1 Å². The summed E-state index contributed by atoms with van der Waals surface area (Å²) in [5.41, 5.74) is 2.07. The molecule has 6 heteroatoms. The van der Waals surface area contributed by atoms with Crippen molar-refractivity contribution in [2.24, 2.45) is 5.92 Å². The Morgan fingerprint density at radius 2 is 2.00 bits per heavy atom. The molecule has 1 aromatic carbocycles. The van der Waals surface area contributed by atoms with Gasteiger partial charge in [0.05, 0.1) is 0 Å². The molecular weight excluding hydrogens is 304 g/mol. The molecule has 1 amide bonds. The molecule has 24 heavy (non-hydrogen) atoms. The van der Waals surface area contributed by atoms with E-state index < -0.39 is 0 Å². The highest BCUT2D eigenvalue weighted by Crippen LogP contribution is 2.25. The van der Waals surface area contributed by atoms with Crippen LogP contribution in [0.5, 0.6) is 0 Å². The van der Waals surface area contributed by atoms with E-state index in [1.54, 1.807) is 0 Å². The van der Waals surface area contributed by atoms with Crippen molar-refractivity contribution in [2.75, 3.05) is 24.5 Å². The highest BCUT2D eigenvalue weighted by molar-refractivity contribution is 5.89. The van der Waals surface area contributed by atoms with E-state index in [0.29, 0.717) is 12.4 Å². The summed E-state index contributed by atoms with van der Waals surface area (Å²) in [5, 5.41) is 6.63. The first kappa shape index (κ1) is 16.5. The lowest BCUT2D eigenvalue weighted by atomic mass is 9.98. The van der Waals surface area contributed by atoms with Crippen LogP contribution in [-0.2, 0) is 0 Å². The molecule has 0 atom stereocenters. The Kier molecular flexibility index (Phi) is 5.13. The van der Waals surface area contributed by atoms with Crippen molar-refractivity contribution in [3.05, 3.63) is 30.2 Å². The number of anilines is 1. The van der Waals surface area contributed by atoms with Crippen LogP contribution in [0.4, 0.5) is 5.69 Å². The van der Waals surface area contributed by atoms with E-state index in [2.05, 4.69) is 39.4 Å². The number of aromatic nitrogens is 2. The Morgan fingerprint density at radius 1 is 1.29 bits per heavy atom. The molecule has 1 saturated heterocycles. The summed E-state index contributed by atoms with van der Waals surface area (Å²) >= 11 is 0. The Morgan fingerprint density at radius 3 is 2.67 bits per heavy atom. The van der Waals surface area contributed by atoms with Gasteiger partial charge in [-0.3, -0.25) is 4.79 Å². The third-order valence-corrected chi connectivity index (χ3v) is 4.43. The SMILES string of the molecule is CCCNC(=O)c1nc(-c2ccc(N3CCC(C)CC3)cc2)no1. The Hall–Kier alpha value is -2.37. The zero-order valence-electron chi connectivity index (χ0n) is 14.3. The Labute approximate surface area is 142 Å². The number of benzene rings is 1. The monoisotopic (exact) mass is 328 g/mol. The summed E-state index contributed by atoms with van der Waals surface area (Å²) in [4.78, 5) is 18.4. The van der Waals surface area contributed by atoms with Gasteiger partial charge in [-0.1, -0.05) is 19.0 Å². The van der Waals surface area contributed by atoms with Crippen LogP contribution >= 0.6 is 0 Å². The number of rotatable bonds is 5. The van der Waals surface area contributed by atoms with E-state index in [-0.39, 0.29) is 11.8 Å². The topological polar surface area (TPSA) is 71.3 Å². The number of nitrogens with one attached hydrogen (secondary N) is 1. The average molecular weight is 328 g/mol. The molecule has 0 unspecified atom stereocenters. The fourth-order valence-electron chi connectivity index (χ4n) is 2.84. The van der Waals surface area contributed by atoms with E-state index in [9.17, 15) is 4.79 Å². The van der Waals surface area contributed by atoms with Crippen molar-refractivity contribution in [1.29, 1.82) is 0 Å². The van der Waals surface area contributed by atoms with Crippen LogP contribution in [-0.4, -0.2) is 35.7 Å². The predicted octanol–water partition coefficient (Wildman–Crippen LogP) is 3.11.